The van der Waals surface area contributed by atoms with E-state index >= 15 is 0 Å². The Bertz CT molecular complexity index is 439. The lowest BCUT2D eigenvalue weighted by Gasteiger charge is -2.35. The first-order valence-corrected chi connectivity index (χ1v) is 6.81. The van der Waals surface area contributed by atoms with Gasteiger partial charge in [-0.15, -0.1) is 19.0 Å². The van der Waals surface area contributed by atoms with Crippen LogP contribution >= 0.6 is 12.4 Å². The number of halogens is 3. The maximum absolute atomic E-state index is 12.3. The second-order valence-corrected chi connectivity index (χ2v) is 4.78. The third-order valence-corrected chi connectivity index (χ3v) is 3.45. The van der Waals surface area contributed by atoms with Crippen LogP contribution in [0.25, 0.3) is 0 Å². The van der Waals surface area contributed by atoms with Gasteiger partial charge >= 0.3 is 6.61 Å². The molecule has 1 aliphatic heterocycles. The Morgan fingerprint density at radius 2 is 2.05 bits per heavy atom. The van der Waals surface area contributed by atoms with Crippen molar-refractivity contribution >= 4 is 12.4 Å². The van der Waals surface area contributed by atoms with Crippen LogP contribution in [0.1, 0.15) is 18.0 Å². The molecule has 1 N–H and O–H groups in total. The molecule has 0 aliphatic carbocycles. The van der Waals surface area contributed by atoms with E-state index < -0.39 is 6.61 Å². The Hall–Kier alpha value is -1.17. The van der Waals surface area contributed by atoms with Crippen LogP contribution in [0, 0.1) is 0 Å². The molecular formula is C15H21ClF2N2O. The van der Waals surface area contributed by atoms with Crippen LogP contribution in [0.5, 0.6) is 5.75 Å². The van der Waals surface area contributed by atoms with Crippen molar-refractivity contribution in [3.63, 3.8) is 0 Å². The van der Waals surface area contributed by atoms with Gasteiger partial charge in [0.05, 0.1) is 0 Å². The summed E-state index contributed by atoms with van der Waals surface area (Å²) in [6, 6.07) is 7.12. The summed E-state index contributed by atoms with van der Waals surface area (Å²) in [6.45, 7) is 4.78. The lowest BCUT2D eigenvalue weighted by atomic mass is 10.0. The molecule has 1 aromatic carbocycles. The zero-order valence-corrected chi connectivity index (χ0v) is 12.6. The minimum absolute atomic E-state index is 0. The molecule has 3 nitrogen and oxygen atoms in total. The topological polar surface area (TPSA) is 24.5 Å². The van der Waals surface area contributed by atoms with Gasteiger partial charge in [0.15, 0.2) is 0 Å². The number of hydrogen-bond donors (Lipinski definition) is 1. The number of hydrogen-bond acceptors (Lipinski definition) is 3. The first kappa shape index (κ1) is 17.9. The van der Waals surface area contributed by atoms with Crippen LogP contribution in [0.3, 0.4) is 0 Å². The van der Waals surface area contributed by atoms with Crippen LogP contribution in [-0.2, 0) is 0 Å². The summed E-state index contributed by atoms with van der Waals surface area (Å²) in [5, 5.41) is 3.31. The Balaban J connectivity index is 0.00000220. The number of nitrogens with one attached hydrogen (secondary N) is 1. The fourth-order valence-corrected chi connectivity index (χ4v) is 2.55. The molecule has 1 atom stereocenters. The molecule has 2 rings (SSSR count). The van der Waals surface area contributed by atoms with E-state index in [1.54, 1.807) is 18.2 Å². The van der Waals surface area contributed by atoms with E-state index in [1.165, 1.54) is 0 Å². The van der Waals surface area contributed by atoms with E-state index in [0.717, 1.165) is 38.2 Å². The molecule has 0 aromatic heterocycles. The van der Waals surface area contributed by atoms with Crippen LogP contribution in [0.4, 0.5) is 8.78 Å². The van der Waals surface area contributed by atoms with E-state index in [0.29, 0.717) is 0 Å². The zero-order valence-electron chi connectivity index (χ0n) is 11.8. The molecule has 0 unspecified atom stereocenters. The van der Waals surface area contributed by atoms with Gasteiger partial charge in [-0.1, -0.05) is 18.2 Å². The number of rotatable bonds is 6. The highest BCUT2D eigenvalue weighted by Crippen LogP contribution is 2.28. The van der Waals surface area contributed by atoms with Gasteiger partial charge in [-0.05, 0) is 24.1 Å². The number of ether oxygens (including phenoxy) is 1. The van der Waals surface area contributed by atoms with Crippen molar-refractivity contribution in [3.05, 3.63) is 42.5 Å². The van der Waals surface area contributed by atoms with E-state index in [4.69, 9.17) is 0 Å². The molecule has 6 heteroatoms. The summed E-state index contributed by atoms with van der Waals surface area (Å²) in [6.07, 6.45) is 2.66. The van der Waals surface area contributed by atoms with Crippen LogP contribution in [0.15, 0.2) is 36.9 Å². The molecular weight excluding hydrogens is 298 g/mol. The fourth-order valence-electron chi connectivity index (χ4n) is 2.55. The summed E-state index contributed by atoms with van der Waals surface area (Å²) in [7, 11) is 0. The maximum atomic E-state index is 12.3. The molecule has 0 spiro atoms. The Labute approximate surface area is 130 Å². The molecule has 0 bridgehead atoms. The van der Waals surface area contributed by atoms with Gasteiger partial charge in [-0.3, -0.25) is 4.90 Å². The minimum atomic E-state index is -2.79. The average Bonchev–Trinajstić information content (AvgIpc) is 2.45. The van der Waals surface area contributed by atoms with Crippen molar-refractivity contribution in [1.29, 1.82) is 0 Å². The highest BCUT2D eigenvalue weighted by Gasteiger charge is 2.21. The second kappa shape index (κ2) is 8.97. The molecule has 0 amide bonds. The smallest absolute Gasteiger partial charge is 0.387 e. The average molecular weight is 319 g/mol. The summed E-state index contributed by atoms with van der Waals surface area (Å²) in [5.41, 5.74) is 0.991. The first-order valence-electron chi connectivity index (χ1n) is 6.81. The predicted octanol–water partition coefficient (Wildman–Crippen LogP) is 3.23. The standard InChI is InChI=1S/C15H20F2N2O.ClH/c1-2-4-14(19-9-7-18-8-10-19)12-5-3-6-13(11-12)20-15(16)17;/h2-3,5-6,11,14-15,18H,1,4,7-10H2;1H/t14-;/m0./s1. The normalized spacial score (nSPS) is 17.1. The lowest BCUT2D eigenvalue weighted by Crippen LogP contribution is -2.45. The van der Waals surface area contributed by atoms with Crippen LogP contribution in [0.2, 0.25) is 0 Å². The predicted molar refractivity (Wildman–Crippen MR) is 82.3 cm³/mol. The number of benzene rings is 1. The van der Waals surface area contributed by atoms with Gasteiger partial charge < -0.3 is 10.1 Å². The Morgan fingerprint density at radius 3 is 2.67 bits per heavy atom. The number of alkyl halides is 2. The largest absolute Gasteiger partial charge is 0.435 e. The molecule has 1 heterocycles. The summed E-state index contributed by atoms with van der Waals surface area (Å²) in [5.74, 6) is 0.210. The first-order chi connectivity index (χ1) is 9.70. The van der Waals surface area contributed by atoms with E-state index in [9.17, 15) is 8.78 Å². The van der Waals surface area contributed by atoms with Crippen LogP contribution in [-0.4, -0.2) is 37.7 Å². The van der Waals surface area contributed by atoms with Crippen molar-refractivity contribution in [2.45, 2.75) is 19.1 Å². The molecule has 0 saturated carbocycles. The minimum Gasteiger partial charge on any atom is -0.435 e. The van der Waals surface area contributed by atoms with E-state index in [-0.39, 0.29) is 24.2 Å². The van der Waals surface area contributed by atoms with Crippen molar-refractivity contribution in [2.75, 3.05) is 26.2 Å². The Morgan fingerprint density at radius 1 is 1.33 bits per heavy atom. The van der Waals surface area contributed by atoms with E-state index in [2.05, 4.69) is 21.5 Å². The highest BCUT2D eigenvalue weighted by atomic mass is 35.5. The fraction of sp³-hybridized carbons (Fsp3) is 0.467. The summed E-state index contributed by atoms with van der Waals surface area (Å²) in [4.78, 5) is 2.35. The van der Waals surface area contributed by atoms with Gasteiger partial charge in [-0.2, -0.15) is 8.78 Å². The van der Waals surface area contributed by atoms with Crippen molar-refractivity contribution < 1.29 is 13.5 Å². The maximum Gasteiger partial charge on any atom is 0.387 e. The van der Waals surface area contributed by atoms with Crippen molar-refractivity contribution in [3.8, 4) is 5.75 Å². The van der Waals surface area contributed by atoms with E-state index in [1.807, 2.05) is 12.1 Å². The quantitative estimate of drug-likeness (QED) is 0.815. The van der Waals surface area contributed by atoms with Gasteiger partial charge in [-0.25, -0.2) is 0 Å². The molecule has 1 aliphatic rings. The molecule has 21 heavy (non-hydrogen) atoms. The number of nitrogens with zero attached hydrogens (tertiary/aromatic N) is 1. The Kier molecular flexibility index (Phi) is 7.64. The van der Waals surface area contributed by atoms with Crippen molar-refractivity contribution in [2.24, 2.45) is 0 Å². The van der Waals surface area contributed by atoms with Gasteiger partial charge in [0.2, 0.25) is 0 Å². The second-order valence-electron chi connectivity index (χ2n) is 4.78. The SMILES string of the molecule is C=CC[C@@H](c1cccc(OC(F)F)c1)N1CCNCC1.Cl. The number of piperazine rings is 1. The highest BCUT2D eigenvalue weighted by molar-refractivity contribution is 5.85. The van der Waals surface area contributed by atoms with Gasteiger partial charge in [0.25, 0.3) is 0 Å². The third kappa shape index (κ3) is 5.26. The third-order valence-electron chi connectivity index (χ3n) is 3.45. The molecule has 118 valence electrons. The summed E-state index contributed by atoms with van der Waals surface area (Å²) < 4.78 is 29.1. The van der Waals surface area contributed by atoms with Crippen molar-refractivity contribution in [1.82, 2.24) is 10.2 Å². The van der Waals surface area contributed by atoms with Gasteiger partial charge in [0.1, 0.15) is 5.75 Å². The lowest BCUT2D eigenvalue weighted by molar-refractivity contribution is -0.0499. The molecule has 1 fully saturated rings. The van der Waals surface area contributed by atoms with Gasteiger partial charge in [0, 0.05) is 32.2 Å². The monoisotopic (exact) mass is 318 g/mol. The molecule has 1 saturated heterocycles. The molecule has 0 radical (unpaired) electrons. The zero-order chi connectivity index (χ0) is 14.4. The summed E-state index contributed by atoms with van der Waals surface area (Å²) >= 11 is 0. The molecule has 1 aromatic rings. The van der Waals surface area contributed by atoms with Crippen LogP contribution < -0.4 is 10.1 Å².